The van der Waals surface area contributed by atoms with Gasteiger partial charge in [0.1, 0.15) is 5.82 Å². The van der Waals surface area contributed by atoms with Crippen LogP contribution in [0.1, 0.15) is 5.82 Å². The van der Waals surface area contributed by atoms with Crippen molar-refractivity contribution in [1.29, 1.82) is 0 Å². The van der Waals surface area contributed by atoms with Crippen LogP contribution in [0.3, 0.4) is 0 Å². The molecule has 0 spiro atoms. The van der Waals surface area contributed by atoms with Crippen LogP contribution in [0.4, 0.5) is 0 Å². The van der Waals surface area contributed by atoms with E-state index in [0.29, 0.717) is 11.5 Å². The van der Waals surface area contributed by atoms with Crippen molar-refractivity contribution >= 4 is 9.84 Å². The Morgan fingerprint density at radius 2 is 1.73 bits per heavy atom. The smallest absolute Gasteiger partial charge is 0.175 e. The number of benzene rings is 1. The summed E-state index contributed by atoms with van der Waals surface area (Å²) in [7, 11) is -3.19. The predicted octanol–water partition coefficient (Wildman–Crippen LogP) is 2.04. The first-order chi connectivity index (χ1) is 10.4. The van der Waals surface area contributed by atoms with Crippen LogP contribution in [0.25, 0.3) is 17.1 Å². The van der Waals surface area contributed by atoms with Gasteiger partial charge in [0.15, 0.2) is 15.7 Å². The third kappa shape index (κ3) is 2.75. The lowest BCUT2D eigenvalue weighted by Crippen LogP contribution is -2.01. The Hall–Kier alpha value is -2.54. The second-order valence-electron chi connectivity index (χ2n) is 4.92. The molecule has 0 saturated heterocycles. The molecule has 0 amide bonds. The van der Waals surface area contributed by atoms with Gasteiger partial charge in [-0.1, -0.05) is 12.1 Å². The number of hydrogen-bond acceptors (Lipinski definition) is 5. The van der Waals surface area contributed by atoms with Crippen LogP contribution in [-0.2, 0) is 9.84 Å². The van der Waals surface area contributed by atoms with E-state index in [1.54, 1.807) is 30.5 Å². The molecular weight excluding hydrogens is 300 g/mol. The summed E-state index contributed by atoms with van der Waals surface area (Å²) in [6, 6.07) is 10.3. The van der Waals surface area contributed by atoms with E-state index < -0.39 is 9.84 Å². The molecular formula is C15H14N4O2S. The molecule has 6 nitrogen and oxygen atoms in total. The highest BCUT2D eigenvalue weighted by molar-refractivity contribution is 7.90. The highest BCUT2D eigenvalue weighted by Crippen LogP contribution is 2.19. The molecule has 22 heavy (non-hydrogen) atoms. The van der Waals surface area contributed by atoms with E-state index in [2.05, 4.69) is 15.2 Å². The molecule has 112 valence electrons. The molecule has 0 aliphatic carbocycles. The van der Waals surface area contributed by atoms with Crippen LogP contribution in [0.5, 0.6) is 0 Å². The van der Waals surface area contributed by atoms with Crippen molar-refractivity contribution in [3.05, 3.63) is 54.6 Å². The van der Waals surface area contributed by atoms with Crippen molar-refractivity contribution in [1.82, 2.24) is 19.7 Å². The maximum Gasteiger partial charge on any atom is 0.175 e. The third-order valence-electron chi connectivity index (χ3n) is 3.30. The van der Waals surface area contributed by atoms with Gasteiger partial charge in [-0.2, -0.15) is 0 Å². The van der Waals surface area contributed by atoms with Crippen molar-refractivity contribution in [2.75, 3.05) is 6.26 Å². The molecule has 3 aromatic rings. The summed E-state index contributed by atoms with van der Waals surface area (Å²) in [5, 5.41) is 8.37. The Balaban J connectivity index is 1.92. The summed E-state index contributed by atoms with van der Waals surface area (Å²) in [5.41, 5.74) is 1.50. The largest absolute Gasteiger partial charge is 0.287 e. The van der Waals surface area contributed by atoms with Crippen LogP contribution in [0, 0.1) is 6.92 Å². The number of rotatable bonds is 3. The highest BCUT2D eigenvalue weighted by Gasteiger charge is 2.08. The number of nitrogens with zero attached hydrogens (tertiary/aromatic N) is 4. The number of hydrogen-bond donors (Lipinski definition) is 0. The number of aryl methyl sites for hydroxylation is 1. The third-order valence-corrected chi connectivity index (χ3v) is 4.43. The van der Waals surface area contributed by atoms with Gasteiger partial charge in [-0.25, -0.2) is 13.4 Å². The van der Waals surface area contributed by atoms with Crippen LogP contribution < -0.4 is 0 Å². The minimum absolute atomic E-state index is 0.287. The molecule has 0 aliphatic heterocycles. The SMILES string of the molecule is Cc1nccn1-c1ccc(-c2ccc(S(C)(=O)=O)cc2)nn1. The molecule has 0 unspecified atom stereocenters. The van der Waals surface area contributed by atoms with Crippen LogP contribution in [0.2, 0.25) is 0 Å². The Morgan fingerprint density at radius 3 is 2.23 bits per heavy atom. The monoisotopic (exact) mass is 314 g/mol. The molecule has 2 aromatic heterocycles. The summed E-state index contributed by atoms with van der Waals surface area (Å²) < 4.78 is 24.7. The maximum atomic E-state index is 11.5. The van der Waals surface area contributed by atoms with Gasteiger partial charge in [-0.05, 0) is 31.2 Å². The van der Waals surface area contributed by atoms with Crippen molar-refractivity contribution in [2.45, 2.75) is 11.8 Å². The van der Waals surface area contributed by atoms with Crippen molar-refractivity contribution in [2.24, 2.45) is 0 Å². The average Bonchev–Trinajstić information content (AvgIpc) is 2.93. The number of aromatic nitrogens is 4. The zero-order valence-electron chi connectivity index (χ0n) is 12.1. The van der Waals surface area contributed by atoms with E-state index in [0.717, 1.165) is 11.4 Å². The van der Waals surface area contributed by atoms with Gasteiger partial charge < -0.3 is 0 Å². The molecule has 0 radical (unpaired) electrons. The summed E-state index contributed by atoms with van der Waals surface area (Å²) in [6.45, 7) is 1.89. The number of imidazole rings is 1. The predicted molar refractivity (Wildman–Crippen MR) is 82.4 cm³/mol. The molecule has 1 aromatic carbocycles. The fourth-order valence-corrected chi connectivity index (χ4v) is 2.73. The standard InChI is InChI=1S/C15H14N4O2S/c1-11-16-9-10-19(11)15-8-7-14(17-18-15)12-3-5-13(6-4-12)22(2,20)21/h3-10H,1-2H3. The van der Waals surface area contributed by atoms with Gasteiger partial charge >= 0.3 is 0 Å². The lowest BCUT2D eigenvalue weighted by atomic mass is 10.1. The first-order valence-electron chi connectivity index (χ1n) is 6.60. The summed E-state index contributed by atoms with van der Waals surface area (Å²) in [5.74, 6) is 1.52. The van der Waals surface area contributed by atoms with Gasteiger partial charge in [0.2, 0.25) is 0 Å². The van der Waals surface area contributed by atoms with Crippen LogP contribution in [0.15, 0.2) is 53.7 Å². The van der Waals surface area contributed by atoms with Gasteiger partial charge in [-0.3, -0.25) is 4.57 Å². The summed E-state index contributed by atoms with van der Waals surface area (Å²) in [4.78, 5) is 4.43. The molecule has 0 aliphatic rings. The second-order valence-corrected chi connectivity index (χ2v) is 6.93. The second kappa shape index (κ2) is 5.34. The fourth-order valence-electron chi connectivity index (χ4n) is 2.10. The normalized spacial score (nSPS) is 11.5. The molecule has 0 N–H and O–H groups in total. The Morgan fingerprint density at radius 1 is 1.00 bits per heavy atom. The van der Waals surface area contributed by atoms with Gasteiger partial charge in [-0.15, -0.1) is 10.2 Å². The highest BCUT2D eigenvalue weighted by atomic mass is 32.2. The zero-order valence-corrected chi connectivity index (χ0v) is 12.9. The quantitative estimate of drug-likeness (QED) is 0.739. The fraction of sp³-hybridized carbons (Fsp3) is 0.133. The lowest BCUT2D eigenvalue weighted by molar-refractivity contribution is 0.602. The minimum Gasteiger partial charge on any atom is -0.287 e. The van der Waals surface area contributed by atoms with Crippen molar-refractivity contribution < 1.29 is 8.42 Å². The molecule has 2 heterocycles. The Labute approximate surface area is 128 Å². The van der Waals surface area contributed by atoms with E-state index in [1.165, 1.54) is 6.26 Å². The molecule has 3 rings (SSSR count). The average molecular weight is 314 g/mol. The van der Waals surface area contributed by atoms with E-state index in [4.69, 9.17) is 0 Å². The van der Waals surface area contributed by atoms with Gasteiger partial charge in [0.05, 0.1) is 10.6 Å². The topological polar surface area (TPSA) is 77.7 Å². The van der Waals surface area contributed by atoms with E-state index in [9.17, 15) is 8.42 Å². The van der Waals surface area contributed by atoms with E-state index in [1.807, 2.05) is 29.8 Å². The van der Waals surface area contributed by atoms with E-state index >= 15 is 0 Å². The molecule has 7 heteroatoms. The maximum absolute atomic E-state index is 11.5. The van der Waals surface area contributed by atoms with E-state index in [-0.39, 0.29) is 4.90 Å². The molecule has 0 bridgehead atoms. The minimum atomic E-state index is -3.19. The number of sulfone groups is 1. The summed E-state index contributed by atoms with van der Waals surface area (Å²) in [6.07, 6.45) is 4.71. The molecule has 0 saturated carbocycles. The summed E-state index contributed by atoms with van der Waals surface area (Å²) >= 11 is 0. The van der Waals surface area contributed by atoms with Crippen LogP contribution >= 0.6 is 0 Å². The van der Waals surface area contributed by atoms with Gasteiger partial charge in [0, 0.05) is 24.2 Å². The zero-order chi connectivity index (χ0) is 15.7. The lowest BCUT2D eigenvalue weighted by Gasteiger charge is -2.05. The Kier molecular flexibility index (Phi) is 3.50. The van der Waals surface area contributed by atoms with Crippen molar-refractivity contribution in [3.63, 3.8) is 0 Å². The molecule has 0 atom stereocenters. The molecule has 0 fully saturated rings. The first kappa shape index (κ1) is 14.4. The van der Waals surface area contributed by atoms with Crippen molar-refractivity contribution in [3.8, 4) is 17.1 Å². The van der Waals surface area contributed by atoms with Crippen LogP contribution in [-0.4, -0.2) is 34.4 Å². The Bertz CT molecular complexity index is 897. The van der Waals surface area contributed by atoms with Gasteiger partial charge in [0.25, 0.3) is 0 Å². The first-order valence-corrected chi connectivity index (χ1v) is 8.49.